The van der Waals surface area contributed by atoms with Crippen LogP contribution >= 0.6 is 23.5 Å². The van der Waals surface area contributed by atoms with Gasteiger partial charge in [0.1, 0.15) is 24.1 Å². The third kappa shape index (κ3) is 11.1. The van der Waals surface area contributed by atoms with Crippen molar-refractivity contribution in [3.05, 3.63) is 22.2 Å². The fraction of sp³-hybridized carbons (Fsp3) is 0.600. The van der Waals surface area contributed by atoms with E-state index in [4.69, 9.17) is 15.4 Å². The van der Waals surface area contributed by atoms with Crippen molar-refractivity contribution in [3.8, 4) is 0 Å². The van der Waals surface area contributed by atoms with Crippen LogP contribution in [0.25, 0.3) is 0 Å². The number of nitrogen functional groups attached to an aromatic ring is 1. The fourth-order valence-corrected chi connectivity index (χ4v) is 5.21. The molecule has 3 unspecified atom stereocenters. The Hall–Kier alpha value is 1.97. The molecule has 0 spiro atoms. The maximum absolute atomic E-state index is 11.9. The fourth-order valence-electron chi connectivity index (χ4n) is 2.31. The second kappa shape index (κ2) is 14.2. The molecule has 1 fully saturated rings. The molecule has 33 heavy (non-hydrogen) atoms. The van der Waals surface area contributed by atoms with Gasteiger partial charge in [-0.2, -0.15) is 4.98 Å². The van der Waals surface area contributed by atoms with Crippen LogP contribution < -0.4 is 115 Å². The molecule has 2 rings (SSSR count). The number of anilines is 1. The SMILES string of the molecule is Cc1cn([C@@H]2O[C@H](COP(=O)([O-])OP(=O)([O-])OP(=O)([O-])O)[C@@H](O)[C@H]2O)c(=O)nc1N.[Na+].[Na+].[Na+]. The summed E-state index contributed by atoms with van der Waals surface area (Å²) in [6, 6.07) is 0. The Balaban J connectivity index is 0. The van der Waals surface area contributed by atoms with Gasteiger partial charge in [0.15, 0.2) is 6.23 Å². The topological polar surface area (TPSA) is 279 Å². The van der Waals surface area contributed by atoms with E-state index in [0.29, 0.717) is 5.56 Å². The average Bonchev–Trinajstić information content (AvgIpc) is 2.81. The van der Waals surface area contributed by atoms with Crippen molar-refractivity contribution in [3.63, 3.8) is 0 Å². The molecule has 1 aliphatic rings. The van der Waals surface area contributed by atoms with Gasteiger partial charge in [-0.25, -0.2) is 13.4 Å². The molecule has 1 aromatic heterocycles. The van der Waals surface area contributed by atoms with E-state index in [9.17, 15) is 43.4 Å². The summed E-state index contributed by atoms with van der Waals surface area (Å²) in [6.07, 6.45) is -5.56. The first-order chi connectivity index (χ1) is 13.5. The molecule has 0 saturated carbocycles. The zero-order chi connectivity index (χ0) is 23.1. The van der Waals surface area contributed by atoms with Gasteiger partial charge in [-0.1, -0.05) is 0 Å². The first kappa shape index (κ1) is 37.1. The number of aliphatic hydroxyl groups excluding tert-OH is 2. The summed E-state index contributed by atoms with van der Waals surface area (Å²) in [5.74, 6) is -0.0941. The van der Waals surface area contributed by atoms with E-state index in [-0.39, 0.29) is 94.5 Å². The van der Waals surface area contributed by atoms with Crippen LogP contribution in [-0.2, 0) is 31.6 Å². The summed E-state index contributed by atoms with van der Waals surface area (Å²) in [7, 11) is -17.8. The molecule has 17 nitrogen and oxygen atoms in total. The number of hydrogen-bond acceptors (Lipinski definition) is 15. The molecule has 7 atom stereocenters. The van der Waals surface area contributed by atoms with Gasteiger partial charge >= 0.3 is 94.4 Å². The smallest absolute Gasteiger partial charge is 0.756 e. The number of aryl methyl sites for hydroxylation is 1. The molecule has 0 radical (unpaired) electrons. The standard InChI is InChI=1S/C10H18N3O14P3.3Na/c1-4-2-13(10(16)12-8(4)11)9-7(15)6(14)5(25-9)3-24-29(20,21)27-30(22,23)26-28(17,18)19;;;/h2,5-7,9,14-15H,3H2,1H3,(H,20,21)(H,22,23)(H2,11,12,16)(H2,17,18,19);;;/q;3*+1/p-3/t5-,6-,7-,9-;;;/m1.../s1. The Morgan fingerprint density at radius 2 is 1.67 bits per heavy atom. The summed E-state index contributed by atoms with van der Waals surface area (Å²) < 4.78 is 49.7. The van der Waals surface area contributed by atoms with Crippen LogP contribution in [0.3, 0.4) is 0 Å². The van der Waals surface area contributed by atoms with Crippen molar-refractivity contribution in [2.24, 2.45) is 0 Å². The second-order valence-electron chi connectivity index (χ2n) is 5.87. The van der Waals surface area contributed by atoms with Crippen LogP contribution in [-0.4, -0.2) is 49.6 Å². The Morgan fingerprint density at radius 3 is 2.18 bits per heavy atom. The molecular formula is C10H15N3Na3O14P3. The molecule has 5 N–H and O–H groups in total. The van der Waals surface area contributed by atoms with Crippen molar-refractivity contribution in [1.82, 2.24) is 9.55 Å². The Morgan fingerprint density at radius 1 is 1.12 bits per heavy atom. The summed E-state index contributed by atoms with van der Waals surface area (Å²) >= 11 is 0. The number of nitrogens with zero attached hydrogens (tertiary/aromatic N) is 2. The molecule has 1 saturated heterocycles. The van der Waals surface area contributed by atoms with Crippen LogP contribution in [0.2, 0.25) is 0 Å². The third-order valence-electron chi connectivity index (χ3n) is 3.59. The third-order valence-corrected chi connectivity index (χ3v) is 7.28. The van der Waals surface area contributed by atoms with Crippen LogP contribution in [0, 0.1) is 6.92 Å². The zero-order valence-corrected chi connectivity index (χ0v) is 26.4. The van der Waals surface area contributed by atoms with E-state index >= 15 is 0 Å². The van der Waals surface area contributed by atoms with E-state index < -0.39 is 60.3 Å². The molecule has 172 valence electrons. The minimum Gasteiger partial charge on any atom is -0.756 e. The van der Waals surface area contributed by atoms with E-state index in [1.54, 1.807) is 0 Å². The van der Waals surface area contributed by atoms with Crippen LogP contribution in [0.4, 0.5) is 5.82 Å². The normalized spacial score (nSPS) is 27.6. The first-order valence-corrected chi connectivity index (χ1v) is 12.0. The van der Waals surface area contributed by atoms with Gasteiger partial charge in [0.05, 0.1) is 6.61 Å². The predicted molar refractivity (Wildman–Crippen MR) is 86.7 cm³/mol. The minimum absolute atomic E-state index is 0. The van der Waals surface area contributed by atoms with Crippen molar-refractivity contribution in [1.29, 1.82) is 0 Å². The summed E-state index contributed by atoms with van der Waals surface area (Å²) in [4.78, 5) is 56.7. The number of ether oxygens (including phenoxy) is 1. The molecule has 2 heterocycles. The Kier molecular flexibility index (Phi) is 16.0. The van der Waals surface area contributed by atoms with Crippen molar-refractivity contribution < 1.29 is 150 Å². The van der Waals surface area contributed by atoms with Crippen LogP contribution in [0.1, 0.15) is 11.8 Å². The second-order valence-corrected chi connectivity index (χ2v) is 10.2. The van der Waals surface area contributed by atoms with E-state index in [2.05, 4.69) is 18.1 Å². The monoisotopic (exact) mass is 563 g/mol. The number of rotatable bonds is 8. The van der Waals surface area contributed by atoms with Gasteiger partial charge in [0, 0.05) is 11.8 Å². The van der Waals surface area contributed by atoms with Gasteiger partial charge in [0.25, 0.3) is 23.5 Å². The molecule has 1 aliphatic heterocycles. The molecule has 0 aliphatic carbocycles. The molecule has 0 aromatic carbocycles. The van der Waals surface area contributed by atoms with Crippen molar-refractivity contribution in [2.75, 3.05) is 12.3 Å². The van der Waals surface area contributed by atoms with Gasteiger partial charge in [-0.3, -0.25) is 18.3 Å². The van der Waals surface area contributed by atoms with E-state index in [0.717, 1.165) is 10.8 Å². The molecular weight excluding hydrogens is 548 g/mol. The molecule has 0 bridgehead atoms. The number of phosphoric ester groups is 1. The first-order valence-electron chi connectivity index (χ1n) is 7.61. The maximum atomic E-state index is 11.9. The van der Waals surface area contributed by atoms with Crippen molar-refractivity contribution in [2.45, 2.75) is 31.5 Å². The number of aliphatic hydroxyl groups is 2. The summed E-state index contributed by atoms with van der Waals surface area (Å²) in [6.45, 7) is 0.359. The Labute approximate surface area is 252 Å². The Bertz CT molecular complexity index is 1010. The van der Waals surface area contributed by atoms with Gasteiger partial charge in [-0.05, 0) is 6.92 Å². The number of nitrogens with two attached hydrogens (primary N) is 1. The predicted octanol–water partition coefficient (Wildman–Crippen LogP) is -12.8. The van der Waals surface area contributed by atoms with Crippen molar-refractivity contribution >= 4 is 29.3 Å². The zero-order valence-electron chi connectivity index (χ0n) is 17.7. The van der Waals surface area contributed by atoms with Crippen LogP contribution in [0.15, 0.2) is 11.0 Å². The summed E-state index contributed by atoms with van der Waals surface area (Å²) in [5.41, 5.74) is 4.84. The average molecular weight is 563 g/mol. The number of hydrogen-bond donors (Lipinski definition) is 4. The minimum atomic E-state index is -6.10. The molecule has 1 aromatic rings. The molecule has 0 amide bonds. The largest absolute Gasteiger partial charge is 1.00 e. The van der Waals surface area contributed by atoms with Gasteiger partial charge in [-0.15, -0.1) is 0 Å². The maximum Gasteiger partial charge on any atom is 1.00 e. The van der Waals surface area contributed by atoms with Crippen LogP contribution in [0.5, 0.6) is 0 Å². The van der Waals surface area contributed by atoms with E-state index in [1.165, 1.54) is 6.92 Å². The number of phosphoric acid groups is 3. The van der Waals surface area contributed by atoms with Gasteiger partial charge in [0.2, 0.25) is 0 Å². The van der Waals surface area contributed by atoms with Gasteiger partial charge < -0.3 is 44.8 Å². The number of aromatic nitrogens is 2. The van der Waals surface area contributed by atoms with E-state index in [1.807, 2.05) is 0 Å². The summed E-state index contributed by atoms with van der Waals surface area (Å²) in [5, 5.41) is 20.1. The molecule has 23 heteroatoms. The quantitative estimate of drug-likeness (QED) is 0.169.